The second-order valence-electron chi connectivity index (χ2n) is 5.00. The van der Waals surface area contributed by atoms with Crippen LogP contribution in [0.3, 0.4) is 0 Å². The maximum Gasteiger partial charge on any atom is 0.265 e. The molecule has 0 aliphatic rings. The van der Waals surface area contributed by atoms with Crippen molar-refractivity contribution in [1.29, 1.82) is 0 Å². The van der Waals surface area contributed by atoms with Crippen LogP contribution in [-0.2, 0) is 49.6 Å². The Morgan fingerprint density at radius 3 is 1.71 bits per heavy atom. The Balaban J connectivity index is 3.16. The minimum atomic E-state index is -4.31. The van der Waals surface area contributed by atoms with Crippen molar-refractivity contribution in [1.82, 2.24) is 4.98 Å². The molecule has 0 fully saturated rings. The standard InChI is InChI=1S/C11H17NO9S3/c13-22(14,15)6-2-9-1-5-12-11(4-8-24(19,20)21)10(9)3-7-23(16,17)18/h1,5H,2-4,6-8H2,(H,13,14,15)(H,16,17,18)(H,19,20,21). The Bertz CT molecular complexity index is 834. The van der Waals surface area contributed by atoms with Gasteiger partial charge >= 0.3 is 0 Å². The average molecular weight is 403 g/mol. The molecular formula is C11H17NO9S3. The van der Waals surface area contributed by atoms with Crippen LogP contribution in [0, 0.1) is 0 Å². The van der Waals surface area contributed by atoms with Crippen molar-refractivity contribution >= 4 is 30.4 Å². The fourth-order valence-corrected chi connectivity index (χ4v) is 3.42. The van der Waals surface area contributed by atoms with Crippen LogP contribution in [0.5, 0.6) is 0 Å². The summed E-state index contributed by atoms with van der Waals surface area (Å²) in [7, 11) is -12.8. The van der Waals surface area contributed by atoms with Crippen LogP contribution in [0.15, 0.2) is 12.3 Å². The lowest BCUT2D eigenvalue weighted by atomic mass is 10.0. The highest BCUT2D eigenvalue weighted by Gasteiger charge is 2.17. The van der Waals surface area contributed by atoms with E-state index in [9.17, 15) is 25.3 Å². The normalized spacial score (nSPS) is 13.1. The monoisotopic (exact) mass is 403 g/mol. The third-order valence-electron chi connectivity index (χ3n) is 3.08. The summed E-state index contributed by atoms with van der Waals surface area (Å²) in [5, 5.41) is 0. The van der Waals surface area contributed by atoms with Crippen LogP contribution in [0.2, 0.25) is 0 Å². The number of hydrogen-bond acceptors (Lipinski definition) is 7. The van der Waals surface area contributed by atoms with Crippen molar-refractivity contribution in [3.8, 4) is 0 Å². The molecular weight excluding hydrogens is 386 g/mol. The Morgan fingerprint density at radius 1 is 0.750 bits per heavy atom. The highest BCUT2D eigenvalue weighted by molar-refractivity contribution is 7.86. The van der Waals surface area contributed by atoms with Crippen molar-refractivity contribution in [2.75, 3.05) is 17.3 Å². The van der Waals surface area contributed by atoms with Crippen LogP contribution in [0.25, 0.3) is 0 Å². The molecule has 0 aliphatic heterocycles. The van der Waals surface area contributed by atoms with E-state index in [1.54, 1.807) is 0 Å². The fourth-order valence-electron chi connectivity index (χ4n) is 2.03. The van der Waals surface area contributed by atoms with Crippen LogP contribution in [0.4, 0.5) is 0 Å². The first-order chi connectivity index (χ1) is 10.8. The molecule has 1 rings (SSSR count). The molecule has 24 heavy (non-hydrogen) atoms. The Hall–Kier alpha value is -1.12. The first-order valence-electron chi connectivity index (χ1n) is 6.58. The van der Waals surface area contributed by atoms with Gasteiger partial charge in [-0.25, -0.2) is 0 Å². The zero-order valence-corrected chi connectivity index (χ0v) is 14.8. The van der Waals surface area contributed by atoms with Gasteiger partial charge in [0, 0.05) is 18.3 Å². The molecule has 0 unspecified atom stereocenters. The van der Waals surface area contributed by atoms with Gasteiger partial charge in [0.2, 0.25) is 0 Å². The summed E-state index contributed by atoms with van der Waals surface area (Å²) in [6.45, 7) is 0. The van der Waals surface area contributed by atoms with Gasteiger partial charge < -0.3 is 0 Å². The van der Waals surface area contributed by atoms with E-state index in [1.807, 2.05) is 0 Å². The molecule has 13 heteroatoms. The Labute approximate surface area is 140 Å². The van der Waals surface area contributed by atoms with Gasteiger partial charge in [-0.2, -0.15) is 25.3 Å². The molecule has 0 saturated carbocycles. The fraction of sp³-hybridized carbons (Fsp3) is 0.545. The molecule has 0 aromatic carbocycles. The zero-order chi connectivity index (χ0) is 18.6. The summed E-state index contributed by atoms with van der Waals surface area (Å²) < 4.78 is 91.8. The topological polar surface area (TPSA) is 176 Å². The van der Waals surface area contributed by atoms with E-state index in [2.05, 4.69) is 4.98 Å². The average Bonchev–Trinajstić information content (AvgIpc) is 2.38. The predicted octanol–water partition coefficient (Wildman–Crippen LogP) is -0.627. The molecule has 0 amide bonds. The number of pyridine rings is 1. The second-order valence-corrected chi connectivity index (χ2v) is 9.72. The summed E-state index contributed by atoms with van der Waals surface area (Å²) in [4.78, 5) is 3.92. The third-order valence-corrected chi connectivity index (χ3v) is 5.24. The van der Waals surface area contributed by atoms with Gasteiger partial charge in [-0.1, -0.05) is 0 Å². The molecule has 10 nitrogen and oxygen atoms in total. The minimum Gasteiger partial charge on any atom is -0.286 e. The molecule has 1 aromatic rings. The van der Waals surface area contributed by atoms with E-state index in [0.29, 0.717) is 5.56 Å². The van der Waals surface area contributed by atoms with Gasteiger partial charge in [0.25, 0.3) is 30.4 Å². The summed E-state index contributed by atoms with van der Waals surface area (Å²) in [6, 6.07) is 1.40. The largest absolute Gasteiger partial charge is 0.286 e. The maximum absolute atomic E-state index is 10.9. The van der Waals surface area contributed by atoms with E-state index < -0.39 is 47.6 Å². The van der Waals surface area contributed by atoms with Crippen molar-refractivity contribution < 1.29 is 38.9 Å². The molecule has 0 radical (unpaired) electrons. The Kier molecular flexibility index (Phi) is 6.84. The van der Waals surface area contributed by atoms with E-state index in [0.717, 1.165) is 0 Å². The van der Waals surface area contributed by atoms with Crippen LogP contribution >= 0.6 is 0 Å². The lowest BCUT2D eigenvalue weighted by Crippen LogP contribution is -2.16. The van der Waals surface area contributed by atoms with Gasteiger partial charge in [-0.05, 0) is 30.0 Å². The number of nitrogens with zero attached hydrogens (tertiary/aromatic N) is 1. The SMILES string of the molecule is O=S(=O)(O)CCc1ccnc(CCS(=O)(=O)O)c1CCS(=O)(=O)O. The number of aromatic nitrogens is 1. The van der Waals surface area contributed by atoms with Crippen molar-refractivity contribution in [3.63, 3.8) is 0 Å². The highest BCUT2D eigenvalue weighted by atomic mass is 32.2. The number of hydrogen-bond donors (Lipinski definition) is 3. The molecule has 0 saturated heterocycles. The smallest absolute Gasteiger partial charge is 0.265 e. The first-order valence-corrected chi connectivity index (χ1v) is 11.4. The van der Waals surface area contributed by atoms with E-state index >= 15 is 0 Å². The van der Waals surface area contributed by atoms with Crippen molar-refractivity contribution in [2.45, 2.75) is 19.3 Å². The summed E-state index contributed by atoms with van der Waals surface area (Å²) in [6.07, 6.45) is 0.671. The highest BCUT2D eigenvalue weighted by Crippen LogP contribution is 2.17. The molecule has 0 aliphatic carbocycles. The second kappa shape index (κ2) is 7.84. The molecule has 0 bridgehead atoms. The quantitative estimate of drug-likeness (QED) is 0.450. The van der Waals surface area contributed by atoms with Crippen LogP contribution < -0.4 is 0 Å². The third kappa shape index (κ3) is 8.65. The van der Waals surface area contributed by atoms with E-state index in [-0.39, 0.29) is 30.5 Å². The summed E-state index contributed by atoms with van der Waals surface area (Å²) in [5.74, 6) is -1.94. The molecule has 1 heterocycles. The van der Waals surface area contributed by atoms with Crippen LogP contribution in [0.1, 0.15) is 16.8 Å². The minimum absolute atomic E-state index is 0.152. The van der Waals surface area contributed by atoms with Crippen molar-refractivity contribution in [2.24, 2.45) is 0 Å². The van der Waals surface area contributed by atoms with E-state index in [4.69, 9.17) is 13.7 Å². The lowest BCUT2D eigenvalue weighted by Gasteiger charge is -2.13. The van der Waals surface area contributed by atoms with E-state index in [1.165, 1.54) is 12.3 Å². The van der Waals surface area contributed by atoms with Crippen molar-refractivity contribution in [3.05, 3.63) is 29.1 Å². The number of aryl methyl sites for hydroxylation is 2. The summed E-state index contributed by atoms with van der Waals surface area (Å²) in [5.41, 5.74) is 0.753. The maximum atomic E-state index is 10.9. The van der Waals surface area contributed by atoms with Gasteiger partial charge in [0.15, 0.2) is 0 Å². The molecule has 138 valence electrons. The lowest BCUT2D eigenvalue weighted by molar-refractivity contribution is 0.479. The van der Waals surface area contributed by atoms with Gasteiger partial charge in [-0.3, -0.25) is 18.6 Å². The molecule has 3 N–H and O–H groups in total. The number of rotatable bonds is 9. The zero-order valence-electron chi connectivity index (χ0n) is 12.4. The molecule has 0 atom stereocenters. The summed E-state index contributed by atoms with van der Waals surface area (Å²) >= 11 is 0. The molecule has 0 spiro atoms. The van der Waals surface area contributed by atoms with Gasteiger partial charge in [0.05, 0.1) is 17.3 Å². The van der Waals surface area contributed by atoms with Gasteiger partial charge in [0.1, 0.15) is 0 Å². The van der Waals surface area contributed by atoms with Gasteiger partial charge in [-0.15, -0.1) is 0 Å². The first kappa shape index (κ1) is 20.9. The Morgan fingerprint density at radius 2 is 1.21 bits per heavy atom. The molecule has 1 aromatic heterocycles. The predicted molar refractivity (Wildman–Crippen MR) is 84.6 cm³/mol. The van der Waals surface area contributed by atoms with Crippen LogP contribution in [-0.4, -0.2) is 61.2 Å².